The molecule has 1 N–H and O–H groups in total. The average molecular weight is 274 g/mol. The number of H-pyrrole nitrogens is 1. The molecule has 2 aromatic heterocycles. The molecule has 0 spiro atoms. The van der Waals surface area contributed by atoms with E-state index in [4.69, 9.17) is 4.74 Å². The van der Waals surface area contributed by atoms with Crippen molar-refractivity contribution in [2.45, 2.75) is 0 Å². The summed E-state index contributed by atoms with van der Waals surface area (Å²) < 4.78 is 6.71. The highest BCUT2D eigenvalue weighted by Crippen LogP contribution is 2.15. The number of hydrogen-bond donors (Lipinski definition) is 1. The maximum atomic E-state index is 12.3. The summed E-state index contributed by atoms with van der Waals surface area (Å²) in [5, 5.41) is 1.78. The number of aromatic amines is 1. The molecule has 0 saturated heterocycles. The first-order valence-corrected chi connectivity index (χ1v) is 6.45. The molecule has 0 saturated carbocycles. The minimum Gasteiger partial charge on any atom is -0.497 e. The first kappa shape index (κ1) is 11.7. The van der Waals surface area contributed by atoms with Gasteiger partial charge in [0.05, 0.1) is 18.3 Å². The van der Waals surface area contributed by atoms with Gasteiger partial charge in [-0.1, -0.05) is 0 Å². The number of thiophene rings is 1. The van der Waals surface area contributed by atoms with Gasteiger partial charge in [-0.05, 0) is 35.7 Å². The molecule has 0 unspecified atom stereocenters. The van der Waals surface area contributed by atoms with E-state index in [1.807, 2.05) is 0 Å². The average Bonchev–Trinajstić information content (AvgIpc) is 2.88. The van der Waals surface area contributed by atoms with Gasteiger partial charge in [-0.2, -0.15) is 0 Å². The molecule has 3 aromatic rings. The lowest BCUT2D eigenvalue weighted by Crippen LogP contribution is -2.32. The second-order valence-corrected chi connectivity index (χ2v) is 4.85. The summed E-state index contributed by atoms with van der Waals surface area (Å²) in [5.41, 5.74) is 0.340. The predicted molar refractivity (Wildman–Crippen MR) is 74.6 cm³/mol. The highest BCUT2D eigenvalue weighted by atomic mass is 32.1. The molecule has 1 aromatic carbocycles. The number of rotatable bonds is 2. The maximum Gasteiger partial charge on any atom is 0.333 e. The van der Waals surface area contributed by atoms with Crippen LogP contribution in [0.15, 0.2) is 45.3 Å². The summed E-state index contributed by atoms with van der Waals surface area (Å²) in [6, 6.07) is 8.49. The Morgan fingerprint density at radius 3 is 2.58 bits per heavy atom. The Bertz CT molecular complexity index is 843. The van der Waals surface area contributed by atoms with Crippen molar-refractivity contribution in [1.29, 1.82) is 0 Å². The molecule has 0 radical (unpaired) electrons. The molecule has 0 aliphatic rings. The van der Waals surface area contributed by atoms with Gasteiger partial charge < -0.3 is 9.72 Å². The maximum absolute atomic E-state index is 12.3. The lowest BCUT2D eigenvalue weighted by atomic mass is 10.3. The smallest absolute Gasteiger partial charge is 0.333 e. The first-order valence-electron chi connectivity index (χ1n) is 5.57. The van der Waals surface area contributed by atoms with Crippen LogP contribution in [-0.4, -0.2) is 16.7 Å². The number of hydrogen-bond acceptors (Lipinski definition) is 4. The van der Waals surface area contributed by atoms with Crippen molar-refractivity contribution in [3.63, 3.8) is 0 Å². The van der Waals surface area contributed by atoms with Gasteiger partial charge in [0, 0.05) is 0 Å². The number of methoxy groups -OCH3 is 1. The van der Waals surface area contributed by atoms with Crippen LogP contribution >= 0.6 is 11.3 Å². The first-order chi connectivity index (χ1) is 9.20. The molecule has 2 heterocycles. The SMILES string of the molecule is COc1ccc(-n2c(=O)[nH]c3ccsc3c2=O)cc1. The van der Waals surface area contributed by atoms with Gasteiger partial charge in [0.15, 0.2) is 0 Å². The quantitative estimate of drug-likeness (QED) is 0.774. The van der Waals surface area contributed by atoms with Crippen molar-refractivity contribution in [2.75, 3.05) is 7.11 Å². The second kappa shape index (κ2) is 4.40. The van der Waals surface area contributed by atoms with Crippen LogP contribution in [0, 0.1) is 0 Å². The van der Waals surface area contributed by atoms with Gasteiger partial charge in [-0.15, -0.1) is 11.3 Å². The molecule has 3 rings (SSSR count). The Kier molecular flexibility index (Phi) is 2.72. The Morgan fingerprint density at radius 2 is 1.89 bits per heavy atom. The minimum absolute atomic E-state index is 0.307. The third-order valence-corrected chi connectivity index (χ3v) is 3.74. The minimum atomic E-state index is -0.443. The fourth-order valence-electron chi connectivity index (χ4n) is 1.90. The molecule has 0 fully saturated rings. The van der Waals surface area contributed by atoms with Crippen LogP contribution in [0.2, 0.25) is 0 Å². The fourth-order valence-corrected chi connectivity index (χ4v) is 2.68. The lowest BCUT2D eigenvalue weighted by Gasteiger charge is -2.05. The molecule has 0 atom stereocenters. The van der Waals surface area contributed by atoms with E-state index < -0.39 is 5.69 Å². The number of benzene rings is 1. The van der Waals surface area contributed by atoms with Crippen molar-refractivity contribution in [2.24, 2.45) is 0 Å². The zero-order chi connectivity index (χ0) is 13.4. The van der Waals surface area contributed by atoms with Crippen molar-refractivity contribution in [3.05, 3.63) is 56.5 Å². The molecule has 0 aliphatic heterocycles. The summed E-state index contributed by atoms with van der Waals surface area (Å²) >= 11 is 1.31. The van der Waals surface area contributed by atoms with E-state index in [0.29, 0.717) is 21.7 Å². The van der Waals surface area contributed by atoms with Gasteiger partial charge in [0.25, 0.3) is 5.56 Å². The third-order valence-electron chi connectivity index (χ3n) is 2.84. The molecule has 5 nitrogen and oxygen atoms in total. The van der Waals surface area contributed by atoms with E-state index in [1.165, 1.54) is 11.3 Å². The second-order valence-electron chi connectivity index (χ2n) is 3.93. The topological polar surface area (TPSA) is 64.1 Å². The Morgan fingerprint density at radius 1 is 1.16 bits per heavy atom. The van der Waals surface area contributed by atoms with Crippen molar-refractivity contribution in [1.82, 2.24) is 9.55 Å². The van der Waals surface area contributed by atoms with Crippen LogP contribution in [0.25, 0.3) is 15.9 Å². The highest BCUT2D eigenvalue weighted by molar-refractivity contribution is 7.17. The van der Waals surface area contributed by atoms with Gasteiger partial charge in [-0.3, -0.25) is 4.79 Å². The molecule has 96 valence electrons. The summed E-state index contributed by atoms with van der Waals surface area (Å²) in [6.07, 6.45) is 0. The predicted octanol–water partition coefficient (Wildman–Crippen LogP) is 1.75. The van der Waals surface area contributed by atoms with E-state index in [-0.39, 0.29) is 5.56 Å². The molecule has 6 heteroatoms. The standard InChI is InChI=1S/C13H10N2O3S/c1-18-9-4-2-8(3-5-9)15-12(16)11-10(6-7-19-11)14-13(15)17/h2-7H,1H3,(H,14,17). The van der Waals surface area contributed by atoms with Gasteiger partial charge >= 0.3 is 5.69 Å². The highest BCUT2D eigenvalue weighted by Gasteiger charge is 2.10. The fraction of sp³-hybridized carbons (Fsp3) is 0.0769. The van der Waals surface area contributed by atoms with Crippen LogP contribution in [0.3, 0.4) is 0 Å². The van der Waals surface area contributed by atoms with Crippen LogP contribution < -0.4 is 16.0 Å². The summed E-state index contributed by atoms with van der Waals surface area (Å²) in [4.78, 5) is 27.0. The van der Waals surface area contributed by atoms with E-state index in [2.05, 4.69) is 4.98 Å². The Labute approximate surface area is 111 Å². The zero-order valence-corrected chi connectivity index (χ0v) is 10.9. The molecule has 19 heavy (non-hydrogen) atoms. The van der Waals surface area contributed by atoms with Crippen molar-refractivity contribution in [3.8, 4) is 11.4 Å². The number of nitrogens with zero attached hydrogens (tertiary/aromatic N) is 1. The van der Waals surface area contributed by atoms with Crippen LogP contribution in [0.4, 0.5) is 0 Å². The summed E-state index contributed by atoms with van der Waals surface area (Å²) in [5.74, 6) is 0.672. The normalized spacial score (nSPS) is 10.8. The van der Waals surface area contributed by atoms with Crippen LogP contribution in [-0.2, 0) is 0 Å². The lowest BCUT2D eigenvalue weighted by molar-refractivity contribution is 0.414. The molecule has 0 bridgehead atoms. The molecule has 0 aliphatic carbocycles. The summed E-state index contributed by atoms with van der Waals surface area (Å²) in [6.45, 7) is 0. The monoisotopic (exact) mass is 274 g/mol. The van der Waals surface area contributed by atoms with Crippen LogP contribution in [0.5, 0.6) is 5.75 Å². The van der Waals surface area contributed by atoms with E-state index in [0.717, 1.165) is 4.57 Å². The number of ether oxygens (including phenoxy) is 1. The van der Waals surface area contributed by atoms with Crippen molar-refractivity contribution >= 4 is 21.6 Å². The van der Waals surface area contributed by atoms with E-state index in [1.54, 1.807) is 42.8 Å². The largest absolute Gasteiger partial charge is 0.497 e. The number of aromatic nitrogens is 2. The third kappa shape index (κ3) is 1.86. The zero-order valence-electron chi connectivity index (χ0n) is 10.0. The van der Waals surface area contributed by atoms with Crippen LogP contribution in [0.1, 0.15) is 0 Å². The van der Waals surface area contributed by atoms with Gasteiger partial charge in [0.1, 0.15) is 10.4 Å². The van der Waals surface area contributed by atoms with E-state index >= 15 is 0 Å². The van der Waals surface area contributed by atoms with Gasteiger partial charge in [0.2, 0.25) is 0 Å². The molecular formula is C13H10N2O3S. The van der Waals surface area contributed by atoms with Crippen molar-refractivity contribution < 1.29 is 4.74 Å². The Balaban J connectivity index is 2.29. The van der Waals surface area contributed by atoms with E-state index in [9.17, 15) is 9.59 Å². The number of nitrogens with one attached hydrogen (secondary N) is 1. The van der Waals surface area contributed by atoms with Gasteiger partial charge in [-0.25, -0.2) is 9.36 Å². The molecular weight excluding hydrogens is 264 g/mol. The molecule has 0 amide bonds. The summed E-state index contributed by atoms with van der Waals surface area (Å²) in [7, 11) is 1.56. The Hall–Kier alpha value is -2.34. The number of fused-ring (bicyclic) bond motifs is 1.